The standard InChI is InChI=1S/C13H16N2O3S/c1-16-9-4-10(17-2)12(11(5-9)18-3)13-15-8(6-14)7-19-13/h4-5,7H,6,14H2,1-3H3. The fourth-order valence-electron chi connectivity index (χ4n) is 1.73. The molecule has 1 heterocycles. The predicted octanol–water partition coefficient (Wildman–Crippen LogP) is 2.29. The first-order valence-corrected chi connectivity index (χ1v) is 6.56. The second-order valence-corrected chi connectivity index (χ2v) is 4.61. The average Bonchev–Trinajstić information content (AvgIpc) is 2.94. The van der Waals surface area contributed by atoms with Gasteiger partial charge in [0.25, 0.3) is 0 Å². The Morgan fingerprint density at radius 2 is 1.74 bits per heavy atom. The van der Waals surface area contributed by atoms with E-state index >= 15 is 0 Å². The van der Waals surface area contributed by atoms with Crippen molar-refractivity contribution in [3.63, 3.8) is 0 Å². The van der Waals surface area contributed by atoms with Crippen LogP contribution in [0.25, 0.3) is 10.6 Å². The second kappa shape index (κ2) is 5.90. The molecule has 2 aromatic rings. The van der Waals surface area contributed by atoms with E-state index in [-0.39, 0.29) is 0 Å². The Balaban J connectivity index is 2.59. The zero-order valence-electron chi connectivity index (χ0n) is 11.1. The highest BCUT2D eigenvalue weighted by Gasteiger charge is 2.18. The molecule has 1 aromatic heterocycles. The van der Waals surface area contributed by atoms with Crippen LogP contribution in [0.3, 0.4) is 0 Å². The number of nitrogens with zero attached hydrogens (tertiary/aromatic N) is 1. The Hall–Kier alpha value is -1.79. The summed E-state index contributed by atoms with van der Waals surface area (Å²) in [4.78, 5) is 4.46. The Kier molecular flexibility index (Phi) is 4.24. The highest BCUT2D eigenvalue weighted by Crippen LogP contribution is 2.42. The third-order valence-corrected chi connectivity index (χ3v) is 3.60. The number of hydrogen-bond donors (Lipinski definition) is 1. The van der Waals surface area contributed by atoms with E-state index in [0.29, 0.717) is 23.8 Å². The van der Waals surface area contributed by atoms with Crippen molar-refractivity contribution in [1.29, 1.82) is 0 Å². The third-order valence-electron chi connectivity index (χ3n) is 2.69. The first-order chi connectivity index (χ1) is 9.23. The van der Waals surface area contributed by atoms with Gasteiger partial charge in [0.05, 0.1) is 32.6 Å². The van der Waals surface area contributed by atoms with E-state index in [1.807, 2.05) is 5.38 Å². The van der Waals surface area contributed by atoms with Gasteiger partial charge in [-0.1, -0.05) is 0 Å². The maximum atomic E-state index is 5.59. The highest BCUT2D eigenvalue weighted by molar-refractivity contribution is 7.13. The van der Waals surface area contributed by atoms with E-state index in [4.69, 9.17) is 19.9 Å². The number of ether oxygens (including phenoxy) is 3. The summed E-state index contributed by atoms with van der Waals surface area (Å²) in [5, 5.41) is 2.75. The van der Waals surface area contributed by atoms with Crippen molar-refractivity contribution in [3.05, 3.63) is 23.2 Å². The van der Waals surface area contributed by atoms with Gasteiger partial charge in [-0.05, 0) is 0 Å². The Labute approximate surface area is 115 Å². The maximum Gasteiger partial charge on any atom is 0.136 e. The van der Waals surface area contributed by atoms with Gasteiger partial charge in [-0.15, -0.1) is 11.3 Å². The normalized spacial score (nSPS) is 10.3. The predicted molar refractivity (Wildman–Crippen MR) is 75.1 cm³/mol. The van der Waals surface area contributed by atoms with Crippen LogP contribution in [0, 0.1) is 0 Å². The minimum absolute atomic E-state index is 0.414. The van der Waals surface area contributed by atoms with Crippen LogP contribution in [0.4, 0.5) is 0 Å². The molecule has 102 valence electrons. The van der Waals surface area contributed by atoms with Crippen LogP contribution >= 0.6 is 11.3 Å². The second-order valence-electron chi connectivity index (χ2n) is 3.76. The molecule has 5 nitrogen and oxygen atoms in total. The van der Waals surface area contributed by atoms with Gasteiger partial charge in [0.1, 0.15) is 22.3 Å². The van der Waals surface area contributed by atoms with Gasteiger partial charge in [-0.2, -0.15) is 0 Å². The zero-order valence-corrected chi connectivity index (χ0v) is 11.9. The van der Waals surface area contributed by atoms with E-state index < -0.39 is 0 Å². The molecule has 0 spiro atoms. The fourth-order valence-corrected chi connectivity index (χ4v) is 2.62. The zero-order chi connectivity index (χ0) is 13.8. The monoisotopic (exact) mass is 280 g/mol. The molecule has 0 radical (unpaired) electrons. The van der Waals surface area contributed by atoms with Crippen molar-refractivity contribution >= 4 is 11.3 Å². The molecule has 0 amide bonds. The van der Waals surface area contributed by atoms with Crippen LogP contribution in [0.1, 0.15) is 5.69 Å². The molecule has 1 aromatic carbocycles. The lowest BCUT2D eigenvalue weighted by Crippen LogP contribution is -1.97. The first kappa shape index (κ1) is 13.6. The molecule has 0 fully saturated rings. The van der Waals surface area contributed by atoms with Crippen molar-refractivity contribution in [2.24, 2.45) is 5.73 Å². The van der Waals surface area contributed by atoms with Crippen LogP contribution in [0.5, 0.6) is 17.2 Å². The molecule has 0 aliphatic rings. The minimum atomic E-state index is 0.414. The lowest BCUT2D eigenvalue weighted by Gasteiger charge is -2.13. The van der Waals surface area contributed by atoms with Crippen molar-refractivity contribution in [3.8, 4) is 27.8 Å². The molecule has 0 atom stereocenters. The molecular weight excluding hydrogens is 264 g/mol. The molecule has 0 bridgehead atoms. The highest BCUT2D eigenvalue weighted by atomic mass is 32.1. The number of thiazole rings is 1. The summed E-state index contributed by atoms with van der Waals surface area (Å²) >= 11 is 1.51. The lowest BCUT2D eigenvalue weighted by atomic mass is 10.1. The smallest absolute Gasteiger partial charge is 0.136 e. The van der Waals surface area contributed by atoms with E-state index in [2.05, 4.69) is 4.98 Å². The van der Waals surface area contributed by atoms with Crippen LogP contribution in [-0.2, 0) is 6.54 Å². The van der Waals surface area contributed by atoms with E-state index in [0.717, 1.165) is 16.3 Å². The molecule has 0 saturated carbocycles. The maximum absolute atomic E-state index is 5.59. The lowest BCUT2D eigenvalue weighted by molar-refractivity contribution is 0.377. The Morgan fingerprint density at radius 3 is 2.16 bits per heavy atom. The number of methoxy groups -OCH3 is 3. The summed E-state index contributed by atoms with van der Waals surface area (Å²) in [5.41, 5.74) is 7.25. The van der Waals surface area contributed by atoms with Gasteiger partial charge in [0.15, 0.2) is 0 Å². The van der Waals surface area contributed by atoms with Crippen molar-refractivity contribution in [1.82, 2.24) is 4.98 Å². The van der Waals surface area contributed by atoms with Gasteiger partial charge < -0.3 is 19.9 Å². The van der Waals surface area contributed by atoms with Crippen LogP contribution in [0.15, 0.2) is 17.5 Å². The number of benzene rings is 1. The number of hydrogen-bond acceptors (Lipinski definition) is 6. The van der Waals surface area contributed by atoms with Gasteiger partial charge in [-0.3, -0.25) is 0 Å². The molecule has 2 rings (SSSR count). The van der Waals surface area contributed by atoms with E-state index in [1.165, 1.54) is 11.3 Å². The summed E-state index contributed by atoms with van der Waals surface area (Å²) in [6.07, 6.45) is 0. The molecular formula is C13H16N2O3S. The molecule has 0 saturated heterocycles. The number of rotatable bonds is 5. The SMILES string of the molecule is COc1cc(OC)c(-c2nc(CN)cs2)c(OC)c1. The largest absolute Gasteiger partial charge is 0.496 e. The summed E-state index contributed by atoms with van der Waals surface area (Å²) in [5.74, 6) is 2.00. The topological polar surface area (TPSA) is 66.6 Å². The van der Waals surface area contributed by atoms with Gasteiger partial charge >= 0.3 is 0 Å². The van der Waals surface area contributed by atoms with Crippen molar-refractivity contribution in [2.75, 3.05) is 21.3 Å². The Morgan fingerprint density at radius 1 is 1.11 bits per heavy atom. The van der Waals surface area contributed by atoms with Crippen molar-refractivity contribution in [2.45, 2.75) is 6.54 Å². The summed E-state index contributed by atoms with van der Waals surface area (Å²) in [6, 6.07) is 3.61. The fraction of sp³-hybridized carbons (Fsp3) is 0.308. The van der Waals surface area contributed by atoms with Crippen LogP contribution in [-0.4, -0.2) is 26.3 Å². The molecule has 2 N–H and O–H groups in total. The Bertz CT molecular complexity index is 544. The summed E-state index contributed by atoms with van der Waals surface area (Å²) in [6.45, 7) is 0.414. The van der Waals surface area contributed by atoms with E-state index in [1.54, 1.807) is 33.5 Å². The molecule has 0 aliphatic carbocycles. The average molecular weight is 280 g/mol. The summed E-state index contributed by atoms with van der Waals surface area (Å²) < 4.78 is 16.0. The summed E-state index contributed by atoms with van der Waals surface area (Å²) in [7, 11) is 4.81. The molecule has 6 heteroatoms. The van der Waals surface area contributed by atoms with Gasteiger partial charge in [0, 0.05) is 24.1 Å². The quantitative estimate of drug-likeness (QED) is 0.910. The van der Waals surface area contributed by atoms with Crippen LogP contribution in [0.2, 0.25) is 0 Å². The van der Waals surface area contributed by atoms with Gasteiger partial charge in [-0.25, -0.2) is 4.98 Å². The van der Waals surface area contributed by atoms with Gasteiger partial charge in [0.2, 0.25) is 0 Å². The molecule has 0 unspecified atom stereocenters. The van der Waals surface area contributed by atoms with Crippen LogP contribution < -0.4 is 19.9 Å². The number of nitrogens with two attached hydrogens (primary N) is 1. The molecule has 19 heavy (non-hydrogen) atoms. The number of aromatic nitrogens is 1. The van der Waals surface area contributed by atoms with Crippen molar-refractivity contribution < 1.29 is 14.2 Å². The minimum Gasteiger partial charge on any atom is -0.496 e. The molecule has 0 aliphatic heterocycles. The third kappa shape index (κ3) is 2.64. The van der Waals surface area contributed by atoms with E-state index in [9.17, 15) is 0 Å². The first-order valence-electron chi connectivity index (χ1n) is 5.68.